The molecule has 19 heavy (non-hydrogen) atoms. The van der Waals surface area contributed by atoms with Crippen molar-refractivity contribution >= 4 is 23.0 Å². The number of carbonyl (C=O) groups is 1. The van der Waals surface area contributed by atoms with E-state index in [9.17, 15) is 4.79 Å². The third-order valence-corrected chi connectivity index (χ3v) is 4.35. The fourth-order valence-corrected chi connectivity index (χ4v) is 3.09. The van der Waals surface area contributed by atoms with Crippen molar-refractivity contribution in [1.82, 2.24) is 0 Å². The van der Waals surface area contributed by atoms with Gasteiger partial charge in [-0.1, -0.05) is 13.3 Å². The SMILES string of the molecule is CCC1CCN(c2cc3c(cc2N)CCC(=O)N3)C1. The van der Waals surface area contributed by atoms with Crippen molar-refractivity contribution in [1.29, 1.82) is 0 Å². The van der Waals surface area contributed by atoms with E-state index in [-0.39, 0.29) is 5.91 Å². The minimum atomic E-state index is 0.107. The van der Waals surface area contributed by atoms with E-state index >= 15 is 0 Å². The Kier molecular flexibility index (Phi) is 3.09. The highest BCUT2D eigenvalue weighted by Crippen LogP contribution is 2.36. The summed E-state index contributed by atoms with van der Waals surface area (Å²) < 4.78 is 0. The van der Waals surface area contributed by atoms with Crippen LogP contribution >= 0.6 is 0 Å². The van der Waals surface area contributed by atoms with E-state index in [4.69, 9.17) is 5.73 Å². The normalized spacial score (nSPS) is 22.3. The summed E-state index contributed by atoms with van der Waals surface area (Å²) in [4.78, 5) is 13.8. The van der Waals surface area contributed by atoms with Crippen LogP contribution in [0.15, 0.2) is 12.1 Å². The molecule has 1 saturated heterocycles. The van der Waals surface area contributed by atoms with Gasteiger partial charge in [0, 0.05) is 25.2 Å². The van der Waals surface area contributed by atoms with Crippen LogP contribution < -0.4 is 16.0 Å². The molecule has 4 heteroatoms. The van der Waals surface area contributed by atoms with Crippen LogP contribution in [0.25, 0.3) is 0 Å². The van der Waals surface area contributed by atoms with Crippen molar-refractivity contribution in [3.05, 3.63) is 17.7 Å². The largest absolute Gasteiger partial charge is 0.397 e. The number of nitrogen functional groups attached to an aromatic ring is 1. The number of fused-ring (bicyclic) bond motifs is 1. The topological polar surface area (TPSA) is 58.4 Å². The molecule has 0 spiro atoms. The number of carbonyl (C=O) groups excluding carboxylic acids is 1. The molecule has 1 unspecified atom stereocenters. The molecule has 2 aliphatic rings. The van der Waals surface area contributed by atoms with Crippen molar-refractivity contribution in [3.8, 4) is 0 Å². The van der Waals surface area contributed by atoms with Gasteiger partial charge in [-0.05, 0) is 36.5 Å². The second-order valence-electron chi connectivity index (χ2n) is 5.63. The first-order valence-corrected chi connectivity index (χ1v) is 7.14. The van der Waals surface area contributed by atoms with E-state index in [2.05, 4.69) is 23.2 Å². The van der Waals surface area contributed by atoms with Crippen LogP contribution in [-0.4, -0.2) is 19.0 Å². The standard InChI is InChI=1S/C15H21N3O/c1-2-10-5-6-18(9-10)14-8-13-11(7-12(14)16)3-4-15(19)17-13/h7-8,10H,2-6,9,16H2,1H3,(H,17,19). The molecule has 2 heterocycles. The summed E-state index contributed by atoms with van der Waals surface area (Å²) in [5, 5.41) is 2.95. The number of benzene rings is 1. The van der Waals surface area contributed by atoms with Gasteiger partial charge in [-0.3, -0.25) is 4.79 Å². The fraction of sp³-hybridized carbons (Fsp3) is 0.533. The predicted octanol–water partition coefficient (Wildman–Crippen LogP) is 2.39. The van der Waals surface area contributed by atoms with Gasteiger partial charge in [-0.2, -0.15) is 0 Å². The van der Waals surface area contributed by atoms with Gasteiger partial charge in [0.1, 0.15) is 0 Å². The first kappa shape index (κ1) is 12.3. The Morgan fingerprint density at radius 3 is 3.00 bits per heavy atom. The van der Waals surface area contributed by atoms with Crippen LogP contribution in [0.3, 0.4) is 0 Å². The summed E-state index contributed by atoms with van der Waals surface area (Å²) in [7, 11) is 0. The minimum Gasteiger partial charge on any atom is -0.397 e. The molecule has 1 aromatic carbocycles. The molecule has 1 amide bonds. The molecule has 1 atom stereocenters. The Bertz CT molecular complexity index is 512. The quantitative estimate of drug-likeness (QED) is 0.802. The van der Waals surface area contributed by atoms with Crippen molar-refractivity contribution in [2.45, 2.75) is 32.6 Å². The molecule has 0 radical (unpaired) electrons. The molecule has 0 saturated carbocycles. The summed E-state index contributed by atoms with van der Waals surface area (Å²) in [6.07, 6.45) is 3.81. The van der Waals surface area contributed by atoms with E-state index in [0.29, 0.717) is 6.42 Å². The Morgan fingerprint density at radius 1 is 1.42 bits per heavy atom. The predicted molar refractivity (Wildman–Crippen MR) is 78.4 cm³/mol. The maximum absolute atomic E-state index is 11.5. The third kappa shape index (κ3) is 2.27. The first-order valence-electron chi connectivity index (χ1n) is 7.14. The molecule has 1 fully saturated rings. The smallest absolute Gasteiger partial charge is 0.224 e. The molecule has 3 N–H and O–H groups in total. The molecular formula is C15H21N3O. The maximum atomic E-state index is 11.5. The molecule has 3 rings (SSSR count). The van der Waals surface area contributed by atoms with Gasteiger partial charge in [0.2, 0.25) is 5.91 Å². The van der Waals surface area contributed by atoms with Crippen LogP contribution in [0.5, 0.6) is 0 Å². The van der Waals surface area contributed by atoms with E-state index in [0.717, 1.165) is 48.1 Å². The average molecular weight is 259 g/mol. The molecule has 1 aromatic rings. The monoisotopic (exact) mass is 259 g/mol. The third-order valence-electron chi connectivity index (χ3n) is 4.35. The zero-order valence-electron chi connectivity index (χ0n) is 11.4. The average Bonchev–Trinajstić information content (AvgIpc) is 2.87. The molecular weight excluding hydrogens is 238 g/mol. The van der Waals surface area contributed by atoms with Crippen molar-refractivity contribution < 1.29 is 4.79 Å². The van der Waals surface area contributed by atoms with Crippen LogP contribution in [-0.2, 0) is 11.2 Å². The number of nitrogens with one attached hydrogen (secondary N) is 1. The molecule has 0 bridgehead atoms. The summed E-state index contributed by atoms with van der Waals surface area (Å²) in [6, 6.07) is 4.09. The number of nitrogens with two attached hydrogens (primary N) is 1. The molecule has 0 aromatic heterocycles. The fourth-order valence-electron chi connectivity index (χ4n) is 3.09. The Labute approximate surface area is 114 Å². The van der Waals surface area contributed by atoms with Crippen LogP contribution in [0.2, 0.25) is 0 Å². The lowest BCUT2D eigenvalue weighted by atomic mass is 10.0. The second-order valence-corrected chi connectivity index (χ2v) is 5.63. The zero-order chi connectivity index (χ0) is 13.4. The molecule has 0 aliphatic carbocycles. The van der Waals surface area contributed by atoms with Crippen LogP contribution in [0, 0.1) is 5.92 Å². The van der Waals surface area contributed by atoms with Gasteiger partial charge in [-0.15, -0.1) is 0 Å². The van der Waals surface area contributed by atoms with Gasteiger partial charge in [0.05, 0.1) is 11.4 Å². The Hall–Kier alpha value is -1.71. The number of nitrogens with zero attached hydrogens (tertiary/aromatic N) is 1. The lowest BCUT2D eigenvalue weighted by Gasteiger charge is -2.25. The highest BCUT2D eigenvalue weighted by Gasteiger charge is 2.24. The summed E-state index contributed by atoms with van der Waals surface area (Å²) in [5.74, 6) is 0.876. The highest BCUT2D eigenvalue weighted by atomic mass is 16.1. The number of aryl methyl sites for hydroxylation is 1. The second kappa shape index (κ2) is 4.76. The van der Waals surface area contributed by atoms with Gasteiger partial charge >= 0.3 is 0 Å². The van der Waals surface area contributed by atoms with Gasteiger partial charge in [-0.25, -0.2) is 0 Å². The molecule has 2 aliphatic heterocycles. The zero-order valence-corrected chi connectivity index (χ0v) is 11.4. The van der Waals surface area contributed by atoms with Crippen LogP contribution in [0.4, 0.5) is 17.1 Å². The summed E-state index contributed by atoms with van der Waals surface area (Å²) in [6.45, 7) is 4.38. The molecule has 4 nitrogen and oxygen atoms in total. The van der Waals surface area contributed by atoms with Crippen molar-refractivity contribution in [2.24, 2.45) is 5.92 Å². The number of amides is 1. The number of hydrogen-bond donors (Lipinski definition) is 2. The van der Waals surface area contributed by atoms with Gasteiger partial charge in [0.15, 0.2) is 0 Å². The van der Waals surface area contributed by atoms with E-state index in [1.165, 1.54) is 12.8 Å². The summed E-state index contributed by atoms with van der Waals surface area (Å²) in [5.41, 5.74) is 10.2. The van der Waals surface area contributed by atoms with Crippen LogP contribution in [0.1, 0.15) is 31.7 Å². The Morgan fingerprint density at radius 2 is 2.26 bits per heavy atom. The van der Waals surface area contributed by atoms with E-state index in [1.54, 1.807) is 0 Å². The lowest BCUT2D eigenvalue weighted by Crippen LogP contribution is -2.23. The van der Waals surface area contributed by atoms with Crippen molar-refractivity contribution in [3.63, 3.8) is 0 Å². The summed E-state index contributed by atoms with van der Waals surface area (Å²) >= 11 is 0. The Balaban J connectivity index is 1.90. The van der Waals surface area contributed by atoms with E-state index in [1.807, 2.05) is 6.07 Å². The molecule has 102 valence electrons. The minimum absolute atomic E-state index is 0.107. The first-order chi connectivity index (χ1) is 9.17. The van der Waals surface area contributed by atoms with Crippen molar-refractivity contribution in [2.75, 3.05) is 29.0 Å². The number of anilines is 3. The number of rotatable bonds is 2. The van der Waals surface area contributed by atoms with Gasteiger partial charge in [0.25, 0.3) is 0 Å². The van der Waals surface area contributed by atoms with E-state index < -0.39 is 0 Å². The van der Waals surface area contributed by atoms with Gasteiger partial charge < -0.3 is 16.0 Å². The lowest BCUT2D eigenvalue weighted by molar-refractivity contribution is -0.116. The number of hydrogen-bond acceptors (Lipinski definition) is 3. The maximum Gasteiger partial charge on any atom is 0.224 e. The highest BCUT2D eigenvalue weighted by molar-refractivity contribution is 5.95.